The average Bonchev–Trinajstić information content (AvgIpc) is 1.95. The molecule has 0 aromatic heterocycles. The second-order valence-corrected chi connectivity index (χ2v) is 3.87. The third kappa shape index (κ3) is 2.56. The van der Waals surface area contributed by atoms with E-state index in [0.29, 0.717) is 6.61 Å². The van der Waals surface area contributed by atoms with E-state index < -0.39 is 0 Å². The summed E-state index contributed by atoms with van der Waals surface area (Å²) in [5.74, 6) is 0.763. The maximum Gasteiger partial charge on any atom is 0.0433 e. The fraction of sp³-hybridized carbons (Fsp3) is 1.00. The standard InChI is InChI=1S/C7H14BrNO/c8-9-4-1-7(2-5-9)3-6-10/h7,10H,1-6H2. The van der Waals surface area contributed by atoms with Crippen molar-refractivity contribution in [2.45, 2.75) is 19.3 Å². The van der Waals surface area contributed by atoms with Crippen LogP contribution < -0.4 is 0 Å². The first-order valence-corrected chi connectivity index (χ1v) is 4.55. The summed E-state index contributed by atoms with van der Waals surface area (Å²) in [6, 6.07) is 0. The molecule has 0 amide bonds. The van der Waals surface area contributed by atoms with Gasteiger partial charge in [-0.3, -0.25) is 0 Å². The quantitative estimate of drug-likeness (QED) is 0.693. The Morgan fingerprint density at radius 2 is 2.00 bits per heavy atom. The molecule has 2 nitrogen and oxygen atoms in total. The number of hydrogen-bond donors (Lipinski definition) is 1. The molecule has 0 radical (unpaired) electrons. The molecule has 1 fully saturated rings. The normalized spacial score (nSPS) is 23.4. The molecule has 1 aliphatic heterocycles. The van der Waals surface area contributed by atoms with Gasteiger partial charge in [0.2, 0.25) is 0 Å². The van der Waals surface area contributed by atoms with Gasteiger partial charge in [-0.05, 0) is 25.2 Å². The van der Waals surface area contributed by atoms with Gasteiger partial charge in [-0.25, -0.2) is 3.93 Å². The van der Waals surface area contributed by atoms with E-state index in [1.165, 1.54) is 12.8 Å². The van der Waals surface area contributed by atoms with E-state index in [1.807, 2.05) is 0 Å². The predicted molar refractivity (Wildman–Crippen MR) is 44.9 cm³/mol. The van der Waals surface area contributed by atoms with E-state index in [4.69, 9.17) is 5.11 Å². The Morgan fingerprint density at radius 1 is 1.40 bits per heavy atom. The van der Waals surface area contributed by atoms with Crippen molar-refractivity contribution in [3.8, 4) is 0 Å². The van der Waals surface area contributed by atoms with Crippen LogP contribution in [0.1, 0.15) is 19.3 Å². The maximum atomic E-state index is 8.66. The largest absolute Gasteiger partial charge is 0.396 e. The second-order valence-electron chi connectivity index (χ2n) is 2.87. The number of rotatable bonds is 2. The summed E-state index contributed by atoms with van der Waals surface area (Å²) in [5.41, 5.74) is 0. The molecule has 0 aromatic carbocycles. The number of nitrogens with zero attached hydrogens (tertiary/aromatic N) is 1. The molecule has 60 valence electrons. The summed E-state index contributed by atoms with van der Waals surface area (Å²) in [4.78, 5) is 0. The molecule has 1 rings (SSSR count). The van der Waals surface area contributed by atoms with Crippen LogP contribution in [-0.2, 0) is 0 Å². The van der Waals surface area contributed by atoms with Gasteiger partial charge in [0.15, 0.2) is 0 Å². The molecule has 0 spiro atoms. The Kier molecular flexibility index (Phi) is 3.66. The lowest BCUT2D eigenvalue weighted by atomic mass is 9.95. The first-order chi connectivity index (χ1) is 4.83. The molecule has 0 atom stereocenters. The third-order valence-corrected chi connectivity index (χ3v) is 2.81. The lowest BCUT2D eigenvalue weighted by Gasteiger charge is -2.26. The van der Waals surface area contributed by atoms with E-state index in [0.717, 1.165) is 25.4 Å². The van der Waals surface area contributed by atoms with Gasteiger partial charge in [0.25, 0.3) is 0 Å². The summed E-state index contributed by atoms with van der Waals surface area (Å²) in [6.45, 7) is 2.61. The van der Waals surface area contributed by atoms with Crippen LogP contribution in [0.4, 0.5) is 0 Å². The van der Waals surface area contributed by atoms with Crippen molar-refractivity contribution in [3.63, 3.8) is 0 Å². The smallest absolute Gasteiger partial charge is 0.0433 e. The number of halogens is 1. The Labute approximate surface area is 70.6 Å². The molecule has 10 heavy (non-hydrogen) atoms. The lowest BCUT2D eigenvalue weighted by Crippen LogP contribution is -2.26. The van der Waals surface area contributed by atoms with E-state index in [-0.39, 0.29) is 0 Å². The third-order valence-electron chi connectivity index (χ3n) is 2.10. The van der Waals surface area contributed by atoms with Crippen molar-refractivity contribution in [1.82, 2.24) is 3.93 Å². The minimum absolute atomic E-state index is 0.354. The molecule has 1 N–H and O–H groups in total. The van der Waals surface area contributed by atoms with Crippen LogP contribution >= 0.6 is 16.1 Å². The van der Waals surface area contributed by atoms with Crippen LogP contribution in [0.5, 0.6) is 0 Å². The van der Waals surface area contributed by atoms with Gasteiger partial charge < -0.3 is 5.11 Å². The summed E-state index contributed by atoms with van der Waals surface area (Å²) >= 11 is 3.44. The highest BCUT2D eigenvalue weighted by molar-refractivity contribution is 9.07. The van der Waals surface area contributed by atoms with Gasteiger partial charge in [-0.1, -0.05) is 0 Å². The molecule has 0 aliphatic carbocycles. The van der Waals surface area contributed by atoms with Gasteiger partial charge in [-0.15, -0.1) is 0 Å². The van der Waals surface area contributed by atoms with Gasteiger partial charge in [0, 0.05) is 35.8 Å². The van der Waals surface area contributed by atoms with Gasteiger partial charge in [0.1, 0.15) is 0 Å². The Morgan fingerprint density at radius 3 is 2.50 bits per heavy atom. The molecular formula is C7H14BrNO. The van der Waals surface area contributed by atoms with Crippen molar-refractivity contribution in [3.05, 3.63) is 0 Å². The molecular weight excluding hydrogens is 194 g/mol. The summed E-state index contributed by atoms with van der Waals surface area (Å²) in [5, 5.41) is 8.66. The van der Waals surface area contributed by atoms with Crippen LogP contribution in [0.15, 0.2) is 0 Å². The Balaban J connectivity index is 2.13. The van der Waals surface area contributed by atoms with E-state index in [1.54, 1.807) is 0 Å². The maximum absolute atomic E-state index is 8.66. The van der Waals surface area contributed by atoms with E-state index >= 15 is 0 Å². The Hall–Kier alpha value is 0.400. The first-order valence-electron chi connectivity index (χ1n) is 3.84. The molecule has 1 heterocycles. The minimum atomic E-state index is 0.354. The second kappa shape index (κ2) is 4.31. The molecule has 0 aromatic rings. The highest BCUT2D eigenvalue weighted by atomic mass is 79.9. The van der Waals surface area contributed by atoms with Gasteiger partial charge in [0.05, 0.1) is 0 Å². The van der Waals surface area contributed by atoms with Gasteiger partial charge in [-0.2, -0.15) is 0 Å². The minimum Gasteiger partial charge on any atom is -0.396 e. The van der Waals surface area contributed by atoms with Crippen molar-refractivity contribution in [2.24, 2.45) is 5.92 Å². The SMILES string of the molecule is OCCC1CCN(Br)CC1. The molecule has 0 bridgehead atoms. The van der Waals surface area contributed by atoms with Crippen LogP contribution in [0.2, 0.25) is 0 Å². The van der Waals surface area contributed by atoms with Gasteiger partial charge >= 0.3 is 0 Å². The van der Waals surface area contributed by atoms with Crippen molar-refractivity contribution >= 4 is 16.1 Å². The molecule has 0 saturated carbocycles. The highest BCUT2D eigenvalue weighted by Crippen LogP contribution is 2.21. The fourth-order valence-electron chi connectivity index (χ4n) is 1.37. The number of piperidine rings is 1. The number of hydrogen-bond acceptors (Lipinski definition) is 2. The molecule has 0 unspecified atom stereocenters. The monoisotopic (exact) mass is 207 g/mol. The predicted octanol–water partition coefficient (Wildman–Crippen LogP) is 1.39. The Bertz CT molecular complexity index is 91.6. The van der Waals surface area contributed by atoms with Crippen LogP contribution in [0, 0.1) is 5.92 Å². The molecule has 1 aliphatic rings. The summed E-state index contributed by atoms with van der Waals surface area (Å²) in [7, 11) is 0. The van der Waals surface area contributed by atoms with Crippen LogP contribution in [-0.4, -0.2) is 28.7 Å². The summed E-state index contributed by atoms with van der Waals surface area (Å²) < 4.78 is 2.17. The van der Waals surface area contributed by atoms with Crippen LogP contribution in [0.25, 0.3) is 0 Å². The average molecular weight is 208 g/mol. The van der Waals surface area contributed by atoms with Crippen LogP contribution in [0.3, 0.4) is 0 Å². The van der Waals surface area contributed by atoms with Crippen molar-refractivity contribution in [2.75, 3.05) is 19.7 Å². The molecule has 3 heteroatoms. The topological polar surface area (TPSA) is 23.5 Å². The van der Waals surface area contributed by atoms with Crippen molar-refractivity contribution < 1.29 is 5.11 Å². The van der Waals surface area contributed by atoms with E-state index in [2.05, 4.69) is 20.1 Å². The molecule has 1 saturated heterocycles. The zero-order chi connectivity index (χ0) is 7.40. The number of aliphatic hydroxyl groups is 1. The zero-order valence-corrected chi connectivity index (χ0v) is 7.68. The lowest BCUT2D eigenvalue weighted by molar-refractivity contribution is 0.216. The van der Waals surface area contributed by atoms with Crippen molar-refractivity contribution in [1.29, 1.82) is 0 Å². The zero-order valence-electron chi connectivity index (χ0n) is 6.09. The fourth-order valence-corrected chi connectivity index (χ4v) is 1.78. The summed E-state index contributed by atoms with van der Waals surface area (Å²) in [6.07, 6.45) is 3.44. The number of aliphatic hydroxyl groups excluding tert-OH is 1. The highest BCUT2D eigenvalue weighted by Gasteiger charge is 2.16. The van der Waals surface area contributed by atoms with E-state index in [9.17, 15) is 0 Å². The first kappa shape index (κ1) is 8.50.